The van der Waals surface area contributed by atoms with E-state index in [9.17, 15) is 5.11 Å². The van der Waals surface area contributed by atoms with Gasteiger partial charge in [-0.3, -0.25) is 0 Å². The number of oxime groups is 1. The number of hydrogen-bond acceptors (Lipinski definition) is 3. The van der Waals surface area contributed by atoms with E-state index in [0.717, 1.165) is 0 Å². The molecule has 3 nitrogen and oxygen atoms in total. The smallest absolute Gasteiger partial charge is 0.157 e. The molecule has 26 heavy (non-hydrogen) atoms. The maximum atomic E-state index is 10.6. The predicted octanol–water partition coefficient (Wildman–Crippen LogP) is 5.52. The first-order valence-electron chi connectivity index (χ1n) is 7.96. The highest BCUT2D eigenvalue weighted by atomic mass is 35.5. The third-order valence-electron chi connectivity index (χ3n) is 3.93. The van der Waals surface area contributed by atoms with Crippen LogP contribution in [0.1, 0.15) is 11.7 Å². The average molecular weight is 409 g/mol. The Bertz CT molecular complexity index is 849. The van der Waals surface area contributed by atoms with Crippen molar-refractivity contribution in [2.24, 2.45) is 5.16 Å². The second-order valence-corrected chi connectivity index (χ2v) is 6.99. The topological polar surface area (TPSA) is 41.8 Å². The van der Waals surface area contributed by atoms with Gasteiger partial charge in [0.05, 0.1) is 5.38 Å². The second-order valence-electron chi connectivity index (χ2n) is 5.68. The molecule has 0 amide bonds. The number of allylic oxidation sites excluding steroid dienone is 3. The van der Waals surface area contributed by atoms with Crippen LogP contribution in [-0.4, -0.2) is 21.6 Å². The Balaban J connectivity index is 1.77. The molecule has 6 heteroatoms. The van der Waals surface area contributed by atoms with E-state index in [1.165, 1.54) is 0 Å². The lowest BCUT2D eigenvalue weighted by Gasteiger charge is -2.25. The Morgan fingerprint density at radius 3 is 2.46 bits per heavy atom. The average Bonchev–Trinajstić information content (AvgIpc) is 2.67. The molecule has 3 unspecified atom stereocenters. The van der Waals surface area contributed by atoms with E-state index in [0.29, 0.717) is 27.6 Å². The number of halogens is 3. The van der Waals surface area contributed by atoms with Crippen LogP contribution in [0.3, 0.4) is 0 Å². The van der Waals surface area contributed by atoms with Crippen LogP contribution in [0, 0.1) is 0 Å². The van der Waals surface area contributed by atoms with Gasteiger partial charge in [0, 0.05) is 10.6 Å². The molecule has 0 fully saturated rings. The molecule has 0 bridgehead atoms. The summed E-state index contributed by atoms with van der Waals surface area (Å²) in [5, 5.41) is 13.8. The minimum atomic E-state index is -0.999. The highest BCUT2D eigenvalue weighted by molar-refractivity contribution is 6.38. The molecule has 3 rings (SSSR count). The molecular formula is C20H16Cl3NO2. The minimum Gasteiger partial charge on any atom is -0.386 e. The van der Waals surface area contributed by atoms with Crippen LogP contribution >= 0.6 is 34.8 Å². The molecule has 0 heterocycles. The molecule has 1 N–H and O–H groups in total. The van der Waals surface area contributed by atoms with E-state index < -0.39 is 16.9 Å². The van der Waals surface area contributed by atoms with Gasteiger partial charge < -0.3 is 9.94 Å². The summed E-state index contributed by atoms with van der Waals surface area (Å²) < 4.78 is 0. The predicted molar refractivity (Wildman–Crippen MR) is 107 cm³/mol. The van der Waals surface area contributed by atoms with E-state index in [-0.39, 0.29) is 0 Å². The third kappa shape index (κ3) is 4.30. The van der Waals surface area contributed by atoms with Crippen LogP contribution in [-0.2, 0) is 0 Å². The largest absolute Gasteiger partial charge is 0.386 e. The van der Waals surface area contributed by atoms with Crippen molar-refractivity contribution in [2.45, 2.75) is 16.9 Å². The van der Waals surface area contributed by atoms with Crippen molar-refractivity contribution in [2.75, 3.05) is 0 Å². The van der Waals surface area contributed by atoms with Crippen molar-refractivity contribution in [3.63, 3.8) is 0 Å². The minimum absolute atomic E-state index is 0.449. The summed E-state index contributed by atoms with van der Waals surface area (Å²) in [6, 6.07) is 16.2. The number of para-hydroxylation sites is 1. The summed E-state index contributed by atoms with van der Waals surface area (Å²) in [5.74, 6) is 0.604. The van der Waals surface area contributed by atoms with Gasteiger partial charge in [-0.1, -0.05) is 65.3 Å². The fraction of sp³-hybridized carbons (Fsp3) is 0.150. The van der Waals surface area contributed by atoms with E-state index in [4.69, 9.17) is 39.6 Å². The monoisotopic (exact) mass is 407 g/mol. The molecule has 2 aromatic carbocycles. The molecule has 1 aliphatic rings. The second kappa shape index (κ2) is 8.74. The summed E-state index contributed by atoms with van der Waals surface area (Å²) in [6.45, 7) is 0. The molecule has 0 radical (unpaired) electrons. The van der Waals surface area contributed by atoms with Crippen molar-refractivity contribution < 1.29 is 9.94 Å². The molecule has 0 aliphatic heterocycles. The maximum Gasteiger partial charge on any atom is 0.157 e. The fourth-order valence-electron chi connectivity index (χ4n) is 2.55. The summed E-state index contributed by atoms with van der Waals surface area (Å²) in [7, 11) is 0. The standard InChI is InChI=1S/C20H16Cl3NO2/c21-16-11-5-4-9-14(16)20(25)19(23)15-10-6-12-17(18(15)22)24-26-13-7-2-1-3-8-13/h1-12,18-20,25H. The summed E-state index contributed by atoms with van der Waals surface area (Å²) >= 11 is 19.2. The zero-order chi connectivity index (χ0) is 18.5. The Morgan fingerprint density at radius 1 is 1.04 bits per heavy atom. The van der Waals surface area contributed by atoms with Gasteiger partial charge in [-0.15, -0.1) is 23.2 Å². The molecule has 2 aromatic rings. The summed E-state index contributed by atoms with van der Waals surface area (Å²) in [4.78, 5) is 5.41. The number of aliphatic hydroxyl groups excluding tert-OH is 1. The zero-order valence-corrected chi connectivity index (χ0v) is 15.9. The van der Waals surface area contributed by atoms with Crippen LogP contribution < -0.4 is 4.84 Å². The van der Waals surface area contributed by atoms with Gasteiger partial charge in [-0.2, -0.15) is 0 Å². The molecule has 1 aliphatic carbocycles. The van der Waals surface area contributed by atoms with Crippen molar-refractivity contribution in [3.8, 4) is 5.75 Å². The summed E-state index contributed by atoms with van der Waals surface area (Å²) in [5.41, 5.74) is 1.68. The molecule has 134 valence electrons. The zero-order valence-electron chi connectivity index (χ0n) is 13.6. The number of aliphatic hydroxyl groups is 1. The number of alkyl halides is 2. The lowest BCUT2D eigenvalue weighted by molar-refractivity contribution is 0.181. The highest BCUT2D eigenvalue weighted by Crippen LogP contribution is 2.35. The van der Waals surface area contributed by atoms with Crippen molar-refractivity contribution in [1.29, 1.82) is 0 Å². The molecule has 3 atom stereocenters. The van der Waals surface area contributed by atoms with E-state index in [2.05, 4.69) is 5.16 Å². The lowest BCUT2D eigenvalue weighted by Crippen LogP contribution is -2.27. The highest BCUT2D eigenvalue weighted by Gasteiger charge is 2.31. The van der Waals surface area contributed by atoms with Gasteiger partial charge in [0.15, 0.2) is 5.75 Å². The summed E-state index contributed by atoms with van der Waals surface area (Å²) in [6.07, 6.45) is 4.29. The van der Waals surface area contributed by atoms with Crippen LogP contribution in [0.4, 0.5) is 0 Å². The Morgan fingerprint density at radius 2 is 1.73 bits per heavy atom. The van der Waals surface area contributed by atoms with Gasteiger partial charge >= 0.3 is 0 Å². The molecular weight excluding hydrogens is 393 g/mol. The Kier molecular flexibility index (Phi) is 6.38. The van der Waals surface area contributed by atoms with Gasteiger partial charge in [0.2, 0.25) is 0 Å². The Labute approximate surface area is 167 Å². The SMILES string of the molecule is OC(c1ccccc1Cl)C(Cl)C1=CC=CC(=NOc2ccccc2)C1Cl. The van der Waals surface area contributed by atoms with Gasteiger partial charge in [0.25, 0.3) is 0 Å². The molecule has 0 saturated carbocycles. The molecule has 0 spiro atoms. The van der Waals surface area contributed by atoms with Gasteiger partial charge in [0.1, 0.15) is 17.2 Å². The van der Waals surface area contributed by atoms with E-state index in [1.54, 1.807) is 54.6 Å². The number of nitrogens with zero attached hydrogens (tertiary/aromatic N) is 1. The number of benzene rings is 2. The fourth-order valence-corrected chi connectivity index (χ4v) is 3.52. The van der Waals surface area contributed by atoms with Gasteiger partial charge in [-0.25, -0.2) is 0 Å². The van der Waals surface area contributed by atoms with Crippen LogP contribution in [0.25, 0.3) is 0 Å². The molecule has 0 aromatic heterocycles. The van der Waals surface area contributed by atoms with Crippen molar-refractivity contribution in [1.82, 2.24) is 0 Å². The number of hydrogen-bond donors (Lipinski definition) is 1. The molecule has 0 saturated heterocycles. The van der Waals surface area contributed by atoms with E-state index in [1.807, 2.05) is 18.2 Å². The number of rotatable bonds is 5. The first kappa shape index (κ1) is 19.0. The van der Waals surface area contributed by atoms with Crippen LogP contribution in [0.15, 0.2) is 83.6 Å². The lowest BCUT2D eigenvalue weighted by atomic mass is 9.94. The van der Waals surface area contributed by atoms with E-state index >= 15 is 0 Å². The van der Waals surface area contributed by atoms with Crippen LogP contribution in [0.5, 0.6) is 5.75 Å². The quantitative estimate of drug-likeness (QED) is 0.523. The first-order chi connectivity index (χ1) is 12.6. The Hall–Kier alpha value is -1.78. The van der Waals surface area contributed by atoms with Crippen molar-refractivity contribution in [3.05, 3.63) is 89.0 Å². The van der Waals surface area contributed by atoms with Gasteiger partial charge in [-0.05, 0) is 29.8 Å². The third-order valence-corrected chi connectivity index (χ3v) is 5.24. The van der Waals surface area contributed by atoms with Crippen LogP contribution in [0.2, 0.25) is 5.02 Å². The normalized spacial score (nSPS) is 20.5. The first-order valence-corrected chi connectivity index (χ1v) is 9.21. The van der Waals surface area contributed by atoms with Crippen molar-refractivity contribution >= 4 is 40.5 Å². The maximum absolute atomic E-state index is 10.6.